The van der Waals surface area contributed by atoms with E-state index in [0.29, 0.717) is 0 Å². The second-order valence-electron chi connectivity index (χ2n) is 8.01. The summed E-state index contributed by atoms with van der Waals surface area (Å²) in [5.74, 6) is 0. The molecule has 0 radical (unpaired) electrons. The first-order valence-electron chi connectivity index (χ1n) is 10.9. The maximum absolute atomic E-state index is 12.4. The van der Waals surface area contributed by atoms with Crippen LogP contribution < -0.4 is 10.0 Å². The van der Waals surface area contributed by atoms with Crippen molar-refractivity contribution >= 4 is 16.1 Å². The van der Waals surface area contributed by atoms with Crippen molar-refractivity contribution < 1.29 is 8.42 Å². The van der Waals surface area contributed by atoms with Crippen molar-refractivity contribution in [1.82, 2.24) is 14.9 Å². The zero-order valence-electron chi connectivity index (χ0n) is 18.1. The summed E-state index contributed by atoms with van der Waals surface area (Å²) in [4.78, 5) is 2.46. The van der Waals surface area contributed by atoms with Crippen LogP contribution in [-0.2, 0) is 23.1 Å². The molecule has 6 heteroatoms. The maximum Gasteiger partial charge on any atom is 0.234 e. The second kappa shape index (κ2) is 10.7. The number of sulfonamides is 1. The Balaban J connectivity index is 1.41. The average molecular weight is 448 g/mol. The molecule has 166 valence electrons. The van der Waals surface area contributed by atoms with Crippen LogP contribution >= 0.6 is 0 Å². The lowest BCUT2D eigenvalue weighted by molar-refractivity contribution is 0.233. The standard InChI is InChI=1S/C26H29N3O2S/c30-32(31,17-12-22-6-2-1-3-7-22)28-20-23-8-4-10-25(18-23)26-11-5-9-24(19-26)21-29-15-13-27-14-16-29/h1-12,17-19,27-28H,13-16,20-21H2. The van der Waals surface area contributed by atoms with Gasteiger partial charge in [-0.25, -0.2) is 13.1 Å². The number of nitrogens with zero attached hydrogens (tertiary/aromatic N) is 1. The Hall–Kier alpha value is -2.77. The van der Waals surface area contributed by atoms with E-state index in [1.807, 2.05) is 48.5 Å². The van der Waals surface area contributed by atoms with Gasteiger partial charge in [0, 0.05) is 44.7 Å². The first-order valence-corrected chi connectivity index (χ1v) is 12.5. The Kier molecular flexibility index (Phi) is 7.50. The molecule has 1 aliphatic rings. The Morgan fingerprint density at radius 1 is 0.844 bits per heavy atom. The number of piperazine rings is 1. The predicted octanol–water partition coefficient (Wildman–Crippen LogP) is 3.85. The molecule has 4 rings (SSSR count). The van der Waals surface area contributed by atoms with Crippen molar-refractivity contribution in [2.24, 2.45) is 0 Å². The van der Waals surface area contributed by atoms with Gasteiger partial charge < -0.3 is 5.32 Å². The minimum Gasteiger partial charge on any atom is -0.314 e. The highest BCUT2D eigenvalue weighted by molar-refractivity contribution is 7.92. The van der Waals surface area contributed by atoms with Crippen molar-refractivity contribution in [3.8, 4) is 11.1 Å². The number of hydrogen-bond acceptors (Lipinski definition) is 4. The zero-order valence-corrected chi connectivity index (χ0v) is 18.9. The van der Waals surface area contributed by atoms with Crippen molar-refractivity contribution in [1.29, 1.82) is 0 Å². The third-order valence-corrected chi connectivity index (χ3v) is 6.56. The van der Waals surface area contributed by atoms with Crippen LogP contribution in [0.3, 0.4) is 0 Å². The molecule has 5 nitrogen and oxygen atoms in total. The molecule has 32 heavy (non-hydrogen) atoms. The summed E-state index contributed by atoms with van der Waals surface area (Å²) in [6, 6.07) is 26.0. The smallest absolute Gasteiger partial charge is 0.234 e. The third kappa shape index (κ3) is 6.61. The predicted molar refractivity (Wildman–Crippen MR) is 131 cm³/mol. The van der Waals surface area contributed by atoms with Crippen molar-refractivity contribution in [2.75, 3.05) is 26.2 Å². The molecule has 1 fully saturated rings. The van der Waals surface area contributed by atoms with Gasteiger partial charge in [0.2, 0.25) is 10.0 Å². The molecule has 1 saturated heterocycles. The van der Waals surface area contributed by atoms with Gasteiger partial charge in [-0.2, -0.15) is 0 Å². The van der Waals surface area contributed by atoms with E-state index >= 15 is 0 Å². The third-order valence-electron chi connectivity index (χ3n) is 5.52. The number of benzene rings is 3. The molecule has 3 aromatic rings. The molecule has 0 atom stereocenters. The first-order chi connectivity index (χ1) is 15.6. The lowest BCUT2D eigenvalue weighted by Gasteiger charge is -2.27. The van der Waals surface area contributed by atoms with Gasteiger partial charge in [-0.1, -0.05) is 66.7 Å². The highest BCUT2D eigenvalue weighted by atomic mass is 32.2. The molecule has 0 aromatic heterocycles. The van der Waals surface area contributed by atoms with E-state index in [-0.39, 0.29) is 6.54 Å². The summed E-state index contributed by atoms with van der Waals surface area (Å²) >= 11 is 0. The number of hydrogen-bond donors (Lipinski definition) is 2. The summed E-state index contributed by atoms with van der Waals surface area (Å²) in [5.41, 5.74) is 5.30. The van der Waals surface area contributed by atoms with Gasteiger partial charge in [-0.05, 0) is 46.0 Å². The van der Waals surface area contributed by atoms with E-state index in [0.717, 1.165) is 55.0 Å². The van der Waals surface area contributed by atoms with E-state index < -0.39 is 10.0 Å². The van der Waals surface area contributed by atoms with Crippen LogP contribution in [0.1, 0.15) is 16.7 Å². The molecule has 0 saturated carbocycles. The van der Waals surface area contributed by atoms with Gasteiger partial charge in [0.25, 0.3) is 0 Å². The van der Waals surface area contributed by atoms with Crippen LogP contribution in [0.5, 0.6) is 0 Å². The molecule has 0 unspecified atom stereocenters. The molecule has 2 N–H and O–H groups in total. The van der Waals surface area contributed by atoms with Crippen molar-refractivity contribution in [3.05, 3.63) is 101 Å². The fourth-order valence-corrected chi connectivity index (χ4v) is 4.60. The Morgan fingerprint density at radius 3 is 2.22 bits per heavy atom. The van der Waals surface area contributed by atoms with Gasteiger partial charge >= 0.3 is 0 Å². The Morgan fingerprint density at radius 2 is 1.50 bits per heavy atom. The Labute approximate surface area is 190 Å². The molecule has 0 bridgehead atoms. The molecule has 1 aliphatic heterocycles. The van der Waals surface area contributed by atoms with Gasteiger partial charge in [0.15, 0.2) is 0 Å². The normalized spacial score (nSPS) is 15.2. The molecule has 1 heterocycles. The molecular formula is C26H29N3O2S. The quantitative estimate of drug-likeness (QED) is 0.551. The topological polar surface area (TPSA) is 61.4 Å². The lowest BCUT2D eigenvalue weighted by Crippen LogP contribution is -2.42. The van der Waals surface area contributed by atoms with Crippen molar-refractivity contribution in [3.63, 3.8) is 0 Å². The number of nitrogens with one attached hydrogen (secondary N) is 2. The average Bonchev–Trinajstić information content (AvgIpc) is 2.83. The van der Waals surface area contributed by atoms with Gasteiger partial charge in [-0.3, -0.25) is 4.90 Å². The van der Waals surface area contributed by atoms with E-state index in [2.05, 4.69) is 45.3 Å². The van der Waals surface area contributed by atoms with Crippen LogP contribution in [0.2, 0.25) is 0 Å². The van der Waals surface area contributed by atoms with Crippen molar-refractivity contribution in [2.45, 2.75) is 13.1 Å². The maximum atomic E-state index is 12.4. The summed E-state index contributed by atoms with van der Waals surface area (Å²) in [6.45, 7) is 5.41. The summed E-state index contributed by atoms with van der Waals surface area (Å²) in [6.07, 6.45) is 1.60. The van der Waals surface area contributed by atoms with Crippen LogP contribution in [0.15, 0.2) is 84.3 Å². The first kappa shape index (κ1) is 22.4. The Bertz CT molecular complexity index is 1150. The van der Waals surface area contributed by atoms with Crippen LogP contribution in [0.25, 0.3) is 17.2 Å². The zero-order chi connectivity index (χ0) is 22.2. The van der Waals surface area contributed by atoms with E-state index in [1.165, 1.54) is 11.0 Å². The minimum absolute atomic E-state index is 0.246. The summed E-state index contributed by atoms with van der Waals surface area (Å²) in [7, 11) is -3.52. The molecular weight excluding hydrogens is 418 g/mol. The van der Waals surface area contributed by atoms with Crippen LogP contribution in [0.4, 0.5) is 0 Å². The number of rotatable bonds is 8. The van der Waals surface area contributed by atoms with Crippen LogP contribution in [-0.4, -0.2) is 39.5 Å². The van der Waals surface area contributed by atoms with Gasteiger partial charge in [0.1, 0.15) is 0 Å². The monoisotopic (exact) mass is 447 g/mol. The highest BCUT2D eigenvalue weighted by Crippen LogP contribution is 2.22. The van der Waals surface area contributed by atoms with Gasteiger partial charge in [-0.15, -0.1) is 0 Å². The minimum atomic E-state index is -3.52. The second-order valence-corrected chi connectivity index (χ2v) is 9.66. The molecule has 0 spiro atoms. The molecule has 0 aliphatic carbocycles. The summed E-state index contributed by atoms with van der Waals surface area (Å²) in [5, 5.41) is 4.60. The molecule has 0 amide bonds. The van der Waals surface area contributed by atoms with Gasteiger partial charge in [0.05, 0.1) is 0 Å². The SMILES string of the molecule is O=S(=O)(C=Cc1ccccc1)NCc1cccc(-c2cccc(CN3CCNCC3)c2)c1. The van der Waals surface area contributed by atoms with Crippen LogP contribution in [0, 0.1) is 0 Å². The van der Waals surface area contributed by atoms with E-state index in [1.54, 1.807) is 6.08 Å². The van der Waals surface area contributed by atoms with E-state index in [4.69, 9.17) is 0 Å². The molecule has 3 aromatic carbocycles. The lowest BCUT2D eigenvalue weighted by atomic mass is 10.0. The largest absolute Gasteiger partial charge is 0.314 e. The fraction of sp³-hybridized carbons (Fsp3) is 0.231. The highest BCUT2D eigenvalue weighted by Gasteiger charge is 2.11. The fourth-order valence-electron chi connectivity index (χ4n) is 3.80. The van der Waals surface area contributed by atoms with E-state index in [9.17, 15) is 8.42 Å². The summed E-state index contributed by atoms with van der Waals surface area (Å²) < 4.78 is 27.4.